The minimum Gasteiger partial charge on any atom is -0.232 e. The molecule has 0 radical (unpaired) electrons. The van der Waals surface area contributed by atoms with Gasteiger partial charge in [-0.3, -0.25) is 0 Å². The maximum absolute atomic E-state index is 9.38. The molecule has 0 rings (SSSR count). The fourth-order valence-electron chi connectivity index (χ4n) is 0. The molecule has 0 saturated heterocycles. The van der Waals surface area contributed by atoms with E-state index in [0.29, 0.717) is 0 Å². The Labute approximate surface area is 34.7 Å². The minimum absolute atomic E-state index is 0.176. The van der Waals surface area contributed by atoms with Gasteiger partial charge >= 0.3 is 0 Å². The zero-order valence-electron chi connectivity index (χ0n) is 2.55. The Hall–Kier alpha value is 0.380. The highest BCUT2D eigenvalue weighted by molar-refractivity contribution is 7.77. The molecule has 0 heterocycles. The maximum Gasteiger partial charge on any atom is 0.143 e. The van der Waals surface area contributed by atoms with Crippen molar-refractivity contribution in [2.45, 2.75) is 0 Å². The van der Waals surface area contributed by atoms with Crippen molar-refractivity contribution in [3.05, 3.63) is 0 Å². The fraction of sp³-hybridized carbons (Fsp3) is 1.00. The molecule has 1 unspecified atom stereocenters. The van der Waals surface area contributed by atoms with E-state index >= 15 is 0 Å². The summed E-state index contributed by atoms with van der Waals surface area (Å²) < 4.78 is 18.8. The maximum atomic E-state index is 9.38. The molecule has 0 saturated carbocycles. The Morgan fingerprint density at radius 2 is 1.80 bits per heavy atom. The number of thiol groups is 1. The average Bonchev–Trinajstić information content (AvgIpc) is 1.38. The van der Waals surface area contributed by atoms with Crippen LogP contribution >= 0.6 is 9.24 Å². The Balaban J connectivity index is 3.23. The van der Waals surface area contributed by atoms with Crippen LogP contribution in [-0.4, -0.2) is 13.9 Å². The molecular weight excluding hydrogens is 107 g/mol. The van der Waals surface area contributed by atoms with E-state index < -0.39 is 10.7 Å². The van der Waals surface area contributed by atoms with Crippen molar-refractivity contribution in [3.63, 3.8) is 0 Å². The molecule has 32 valence electrons. The second-order valence-corrected chi connectivity index (χ2v) is 2.64. The van der Waals surface area contributed by atoms with Crippen molar-refractivity contribution in [1.82, 2.24) is 0 Å². The molecule has 1 atom stereocenters. The van der Waals surface area contributed by atoms with E-state index in [4.69, 9.17) is 0 Å². The lowest BCUT2D eigenvalue weighted by Crippen LogP contribution is -1.67. The monoisotopic (exact) mass is 112 g/mol. The molecule has 0 aliphatic heterocycles. The van der Waals surface area contributed by atoms with E-state index in [-0.39, 0.29) is 5.49 Å². The Morgan fingerprint density at radius 1 is 1.60 bits per heavy atom. The number of rotatable bonds is 1. The first-order valence-electron chi connectivity index (χ1n) is 1.09. The summed E-state index contributed by atoms with van der Waals surface area (Å²) in [5.41, 5.74) is 0.176. The molecule has 5 heavy (non-hydrogen) atoms. The lowest BCUT2D eigenvalue weighted by Gasteiger charge is -1.60. The third kappa shape index (κ3) is 4.38. The third-order valence-corrected chi connectivity index (χ3v) is 1.34. The van der Waals surface area contributed by atoms with Crippen molar-refractivity contribution in [2.24, 2.45) is 0 Å². The van der Waals surface area contributed by atoms with Crippen LogP contribution in [0.15, 0.2) is 0 Å². The van der Waals surface area contributed by atoms with Gasteiger partial charge in [-0.25, -0.2) is 8.42 Å². The molecule has 0 spiro atoms. The van der Waals surface area contributed by atoms with Gasteiger partial charge in [0.2, 0.25) is 0 Å². The smallest absolute Gasteiger partial charge is 0.143 e. The highest BCUT2D eigenvalue weighted by atomic mass is 32.2. The summed E-state index contributed by atoms with van der Waals surface area (Å²) in [5.74, 6) is 0. The van der Waals surface area contributed by atoms with Gasteiger partial charge in [0.05, 0.1) is 5.49 Å². The topological polar surface area (TPSA) is 34.1 Å². The van der Waals surface area contributed by atoms with Gasteiger partial charge in [-0.15, -0.1) is 9.24 Å². The van der Waals surface area contributed by atoms with Gasteiger partial charge < -0.3 is 0 Å². The van der Waals surface area contributed by atoms with E-state index in [1.54, 1.807) is 0 Å². The molecule has 0 amide bonds. The molecule has 0 aromatic heterocycles. The molecule has 0 aromatic carbocycles. The Morgan fingerprint density at radius 3 is 1.80 bits per heavy atom. The molecule has 4 heteroatoms. The summed E-state index contributed by atoms with van der Waals surface area (Å²) in [6.45, 7) is 0. The quantitative estimate of drug-likeness (QED) is 0.364. The lowest BCUT2D eigenvalue weighted by atomic mass is 11.9. The van der Waals surface area contributed by atoms with Crippen LogP contribution in [0.2, 0.25) is 0 Å². The normalized spacial score (nSPS) is 9.20. The highest BCUT2D eigenvalue weighted by Gasteiger charge is 1.65. The summed E-state index contributed by atoms with van der Waals surface area (Å²) in [6.07, 6.45) is 0. The van der Waals surface area contributed by atoms with Crippen LogP contribution in [0.25, 0.3) is 0 Å². The Kier molecular flexibility index (Phi) is 2.81. The van der Waals surface area contributed by atoms with Crippen molar-refractivity contribution in [1.29, 1.82) is 0 Å². The largest absolute Gasteiger partial charge is 0.232 e. The minimum atomic E-state index is -2.14. The first-order chi connectivity index (χ1) is 2.27. The van der Waals surface area contributed by atoms with Gasteiger partial charge in [-0.05, 0) is 0 Å². The first kappa shape index (κ1) is 5.38. The van der Waals surface area contributed by atoms with Crippen LogP contribution in [0.4, 0.5) is 0 Å². The molecule has 2 nitrogen and oxygen atoms in total. The summed E-state index contributed by atoms with van der Waals surface area (Å²) in [5, 5.41) is 0. The Bertz CT molecular complexity index is 67.7. The van der Waals surface area contributed by atoms with E-state index in [9.17, 15) is 8.42 Å². The number of hydrogen-bond acceptors (Lipinski definition) is 2. The van der Waals surface area contributed by atoms with Gasteiger partial charge in [-0.1, -0.05) is 0 Å². The second-order valence-electron chi connectivity index (χ2n) is 0.515. The third-order valence-electron chi connectivity index (χ3n) is 0.149. The van der Waals surface area contributed by atoms with Gasteiger partial charge in [-0.2, -0.15) is 0 Å². The molecule has 0 bridgehead atoms. The molecular formula is CH5O2PS. The van der Waals surface area contributed by atoms with Crippen LogP contribution < -0.4 is 0 Å². The molecule has 0 fully saturated rings. The van der Waals surface area contributed by atoms with Crippen LogP contribution in [0, 0.1) is 0 Å². The predicted octanol–water partition coefficient (Wildman–Crippen LogP) is -0.570. The highest BCUT2D eigenvalue weighted by Crippen LogP contribution is 1.74. The first-order valence-corrected chi connectivity index (χ1v) is 3.27. The predicted molar refractivity (Wildman–Crippen MR) is 24.9 cm³/mol. The number of hydrogen-bond donors (Lipinski definition) is 1. The van der Waals surface area contributed by atoms with Crippen LogP contribution in [-0.2, 0) is 10.7 Å². The van der Waals surface area contributed by atoms with Crippen molar-refractivity contribution >= 4 is 19.9 Å². The van der Waals surface area contributed by atoms with Gasteiger partial charge in [0.15, 0.2) is 0 Å². The van der Waals surface area contributed by atoms with Gasteiger partial charge in [0.25, 0.3) is 0 Å². The zero-order chi connectivity index (χ0) is 4.28. The van der Waals surface area contributed by atoms with E-state index in [2.05, 4.69) is 9.24 Å². The summed E-state index contributed by atoms with van der Waals surface area (Å²) in [6, 6.07) is 0. The SMILES string of the molecule is O=[SH](=O)CP. The van der Waals surface area contributed by atoms with Gasteiger partial charge in [0, 0.05) is 0 Å². The van der Waals surface area contributed by atoms with Crippen molar-refractivity contribution in [3.8, 4) is 0 Å². The van der Waals surface area contributed by atoms with Crippen molar-refractivity contribution in [2.75, 3.05) is 5.49 Å². The van der Waals surface area contributed by atoms with E-state index in [1.165, 1.54) is 0 Å². The second kappa shape index (κ2) is 2.61. The fourth-order valence-corrected chi connectivity index (χ4v) is 0. The zero-order valence-corrected chi connectivity index (χ0v) is 4.60. The van der Waals surface area contributed by atoms with Crippen LogP contribution in [0.3, 0.4) is 0 Å². The van der Waals surface area contributed by atoms with E-state index in [1.807, 2.05) is 0 Å². The molecule has 0 aliphatic carbocycles. The van der Waals surface area contributed by atoms with Gasteiger partial charge in [0.1, 0.15) is 10.7 Å². The summed E-state index contributed by atoms with van der Waals surface area (Å²) in [7, 11) is -0.0370. The van der Waals surface area contributed by atoms with Crippen molar-refractivity contribution < 1.29 is 8.42 Å². The van der Waals surface area contributed by atoms with Crippen LogP contribution in [0.5, 0.6) is 0 Å². The molecule has 0 N–H and O–H groups in total. The van der Waals surface area contributed by atoms with E-state index in [0.717, 1.165) is 0 Å². The molecule has 0 aromatic rings. The summed E-state index contributed by atoms with van der Waals surface area (Å²) >= 11 is 0. The molecule has 0 aliphatic rings. The average molecular weight is 112 g/mol. The lowest BCUT2D eigenvalue weighted by molar-refractivity contribution is 0.618. The summed E-state index contributed by atoms with van der Waals surface area (Å²) in [4.78, 5) is 0. The standard InChI is InChI=1S/CH5O2PS/c2-5(3)1-4/h5H,1,4H2. The van der Waals surface area contributed by atoms with Crippen LogP contribution in [0.1, 0.15) is 0 Å².